The molecular weight excluding hydrogens is 370 g/mol. The van der Waals surface area contributed by atoms with Gasteiger partial charge >= 0.3 is 11.8 Å². The molecule has 3 aromatic rings. The number of hydrogen-bond donors (Lipinski definition) is 1. The summed E-state index contributed by atoms with van der Waals surface area (Å²) >= 11 is 5.74. The standard InChI is InChI=1S/C15H12ClN3O5S/c16-10-3-5-12(6-4-10)25(21,22)9-13-18-15(24-19-13)14(20)17-8-11-2-1-7-23-11/h1-7H,8-9H2,(H,17,20). The fourth-order valence-corrected chi connectivity index (χ4v) is 3.26. The van der Waals surface area contributed by atoms with E-state index in [1.807, 2.05) is 0 Å². The van der Waals surface area contributed by atoms with Gasteiger partial charge < -0.3 is 14.3 Å². The number of furan rings is 1. The maximum atomic E-state index is 12.3. The van der Waals surface area contributed by atoms with Crippen molar-refractivity contribution in [3.8, 4) is 0 Å². The molecule has 0 aliphatic heterocycles. The van der Waals surface area contributed by atoms with Crippen LogP contribution in [0.4, 0.5) is 0 Å². The lowest BCUT2D eigenvalue weighted by atomic mass is 10.4. The third-order valence-electron chi connectivity index (χ3n) is 3.16. The van der Waals surface area contributed by atoms with E-state index in [-0.39, 0.29) is 23.2 Å². The Morgan fingerprint density at radius 1 is 1.20 bits per heavy atom. The van der Waals surface area contributed by atoms with Crippen LogP contribution in [0.3, 0.4) is 0 Å². The van der Waals surface area contributed by atoms with Gasteiger partial charge in [0.2, 0.25) is 0 Å². The number of hydrogen-bond acceptors (Lipinski definition) is 7. The first-order valence-electron chi connectivity index (χ1n) is 7.05. The summed E-state index contributed by atoms with van der Waals surface area (Å²) in [7, 11) is -3.68. The van der Waals surface area contributed by atoms with E-state index >= 15 is 0 Å². The Bertz CT molecular complexity index is 965. The van der Waals surface area contributed by atoms with E-state index < -0.39 is 21.5 Å². The van der Waals surface area contributed by atoms with Gasteiger partial charge in [0.1, 0.15) is 11.5 Å². The lowest BCUT2D eigenvalue weighted by molar-refractivity contribution is 0.0904. The molecule has 0 atom stereocenters. The van der Waals surface area contributed by atoms with E-state index in [0.29, 0.717) is 10.8 Å². The Morgan fingerprint density at radius 3 is 2.64 bits per heavy atom. The molecule has 0 aliphatic rings. The highest BCUT2D eigenvalue weighted by Gasteiger charge is 2.21. The zero-order chi connectivity index (χ0) is 17.9. The zero-order valence-electron chi connectivity index (χ0n) is 12.7. The molecule has 1 amide bonds. The molecule has 10 heteroatoms. The Morgan fingerprint density at radius 2 is 1.96 bits per heavy atom. The van der Waals surface area contributed by atoms with Crippen LogP contribution in [0.2, 0.25) is 5.02 Å². The summed E-state index contributed by atoms with van der Waals surface area (Å²) < 4.78 is 34.5. The summed E-state index contributed by atoms with van der Waals surface area (Å²) in [6.07, 6.45) is 1.48. The zero-order valence-corrected chi connectivity index (χ0v) is 14.2. The minimum absolute atomic E-state index is 0.0746. The molecule has 0 saturated carbocycles. The highest BCUT2D eigenvalue weighted by atomic mass is 35.5. The molecule has 2 heterocycles. The van der Waals surface area contributed by atoms with E-state index in [4.69, 9.17) is 20.5 Å². The first-order chi connectivity index (χ1) is 11.9. The van der Waals surface area contributed by atoms with Crippen molar-refractivity contribution in [1.29, 1.82) is 0 Å². The molecular formula is C15H12ClN3O5S. The smallest absolute Gasteiger partial charge is 0.315 e. The predicted octanol–water partition coefficient (Wildman–Crippen LogP) is 2.22. The molecule has 25 heavy (non-hydrogen) atoms. The molecule has 1 aromatic carbocycles. The van der Waals surface area contributed by atoms with Crippen LogP contribution < -0.4 is 5.32 Å². The SMILES string of the molecule is O=C(NCc1ccco1)c1nc(CS(=O)(=O)c2ccc(Cl)cc2)no1. The van der Waals surface area contributed by atoms with Crippen LogP contribution in [-0.4, -0.2) is 24.5 Å². The molecule has 0 spiro atoms. The summed E-state index contributed by atoms with van der Waals surface area (Å²) in [5.41, 5.74) is 0. The second-order valence-electron chi connectivity index (χ2n) is 4.99. The summed E-state index contributed by atoms with van der Waals surface area (Å²) in [4.78, 5) is 15.8. The Balaban J connectivity index is 1.66. The number of sulfone groups is 1. The molecule has 0 saturated heterocycles. The second kappa shape index (κ2) is 7.08. The number of rotatable bonds is 6. The Labute approximate surface area is 147 Å². The van der Waals surface area contributed by atoms with Gasteiger partial charge in [-0.2, -0.15) is 4.98 Å². The van der Waals surface area contributed by atoms with E-state index in [1.165, 1.54) is 30.5 Å². The van der Waals surface area contributed by atoms with E-state index in [2.05, 4.69) is 15.5 Å². The van der Waals surface area contributed by atoms with Crippen LogP contribution in [0, 0.1) is 0 Å². The summed E-state index contributed by atoms with van der Waals surface area (Å²) in [6, 6.07) is 9.09. The van der Waals surface area contributed by atoms with Gasteiger partial charge in [0.25, 0.3) is 0 Å². The number of nitrogens with one attached hydrogen (secondary N) is 1. The van der Waals surface area contributed by atoms with E-state index in [9.17, 15) is 13.2 Å². The third-order valence-corrected chi connectivity index (χ3v) is 5.04. The second-order valence-corrected chi connectivity index (χ2v) is 7.42. The third kappa shape index (κ3) is 4.25. The quantitative estimate of drug-likeness (QED) is 0.695. The average molecular weight is 382 g/mol. The fourth-order valence-electron chi connectivity index (χ4n) is 1.96. The Kier molecular flexibility index (Phi) is 4.86. The molecule has 8 nitrogen and oxygen atoms in total. The lowest BCUT2D eigenvalue weighted by Gasteiger charge is -2.01. The summed E-state index contributed by atoms with van der Waals surface area (Å²) in [5.74, 6) is -1.01. The summed E-state index contributed by atoms with van der Waals surface area (Å²) in [5, 5.41) is 6.48. The molecule has 0 aliphatic carbocycles. The fraction of sp³-hybridized carbons (Fsp3) is 0.133. The predicted molar refractivity (Wildman–Crippen MR) is 86.5 cm³/mol. The number of halogens is 1. The molecule has 0 radical (unpaired) electrons. The molecule has 2 aromatic heterocycles. The highest BCUT2D eigenvalue weighted by Crippen LogP contribution is 2.18. The van der Waals surface area contributed by atoms with Crippen molar-refractivity contribution >= 4 is 27.3 Å². The van der Waals surface area contributed by atoms with Crippen LogP contribution in [0.1, 0.15) is 22.3 Å². The van der Waals surface area contributed by atoms with Gasteiger partial charge in [0.05, 0.1) is 17.7 Å². The van der Waals surface area contributed by atoms with Crippen molar-refractivity contribution in [1.82, 2.24) is 15.5 Å². The molecule has 0 fully saturated rings. The first-order valence-corrected chi connectivity index (χ1v) is 9.08. The molecule has 3 rings (SSSR count). The normalized spacial score (nSPS) is 11.4. The van der Waals surface area contributed by atoms with Crippen molar-refractivity contribution in [3.63, 3.8) is 0 Å². The molecule has 0 bridgehead atoms. The molecule has 1 N–H and O–H groups in total. The maximum absolute atomic E-state index is 12.3. The van der Waals surface area contributed by atoms with Gasteiger partial charge in [-0.05, 0) is 36.4 Å². The number of carbonyl (C=O) groups excluding carboxylic acids is 1. The number of amides is 1. The van der Waals surface area contributed by atoms with Gasteiger partial charge in [-0.1, -0.05) is 16.8 Å². The minimum atomic E-state index is -3.68. The van der Waals surface area contributed by atoms with Crippen molar-refractivity contribution in [3.05, 3.63) is 65.2 Å². The van der Waals surface area contributed by atoms with Crippen LogP contribution in [0.15, 0.2) is 56.5 Å². The number of aromatic nitrogens is 2. The van der Waals surface area contributed by atoms with Crippen LogP contribution in [0.5, 0.6) is 0 Å². The van der Waals surface area contributed by atoms with Crippen LogP contribution in [0.25, 0.3) is 0 Å². The highest BCUT2D eigenvalue weighted by molar-refractivity contribution is 7.90. The number of carbonyl (C=O) groups is 1. The minimum Gasteiger partial charge on any atom is -0.467 e. The first kappa shape index (κ1) is 17.2. The summed E-state index contributed by atoms with van der Waals surface area (Å²) in [6.45, 7) is 0.145. The maximum Gasteiger partial charge on any atom is 0.315 e. The van der Waals surface area contributed by atoms with Gasteiger partial charge in [-0.15, -0.1) is 0 Å². The Hall–Kier alpha value is -2.65. The lowest BCUT2D eigenvalue weighted by Crippen LogP contribution is -2.23. The largest absolute Gasteiger partial charge is 0.467 e. The van der Waals surface area contributed by atoms with Crippen molar-refractivity contribution in [2.45, 2.75) is 17.2 Å². The van der Waals surface area contributed by atoms with Crippen LogP contribution in [-0.2, 0) is 22.1 Å². The van der Waals surface area contributed by atoms with Gasteiger partial charge in [-0.3, -0.25) is 4.79 Å². The van der Waals surface area contributed by atoms with Gasteiger partial charge in [0.15, 0.2) is 15.7 Å². The topological polar surface area (TPSA) is 115 Å². The number of nitrogens with zero attached hydrogens (tertiary/aromatic N) is 2. The number of benzene rings is 1. The molecule has 130 valence electrons. The van der Waals surface area contributed by atoms with Gasteiger partial charge in [0, 0.05) is 5.02 Å². The van der Waals surface area contributed by atoms with E-state index in [1.54, 1.807) is 12.1 Å². The van der Waals surface area contributed by atoms with Crippen molar-refractivity contribution < 1.29 is 22.2 Å². The monoisotopic (exact) mass is 381 g/mol. The van der Waals surface area contributed by atoms with Crippen molar-refractivity contribution in [2.75, 3.05) is 0 Å². The van der Waals surface area contributed by atoms with Gasteiger partial charge in [-0.25, -0.2) is 8.42 Å². The van der Waals surface area contributed by atoms with E-state index in [0.717, 1.165) is 0 Å². The van der Waals surface area contributed by atoms with Crippen LogP contribution >= 0.6 is 11.6 Å². The average Bonchev–Trinajstić information content (AvgIpc) is 3.24. The molecule has 0 unspecified atom stereocenters. The van der Waals surface area contributed by atoms with Crippen molar-refractivity contribution in [2.24, 2.45) is 0 Å².